The molecule has 2 aliphatic heterocycles. The molecule has 0 N–H and O–H groups in total. The molecule has 104 valence electrons. The van der Waals surface area contributed by atoms with Gasteiger partial charge in [-0.2, -0.15) is 4.31 Å². The molecule has 2 aliphatic rings. The minimum absolute atomic E-state index is 0.326. The number of hydrogen-bond acceptors (Lipinski definition) is 4. The van der Waals surface area contributed by atoms with E-state index < -0.39 is 15.5 Å². The Bertz CT molecular complexity index is 566. The fourth-order valence-corrected chi connectivity index (χ4v) is 4.04. The summed E-state index contributed by atoms with van der Waals surface area (Å²) in [6.45, 7) is 3.74. The average Bonchev–Trinajstić information content (AvgIpc) is 3.21. The quantitative estimate of drug-likeness (QED) is 0.778. The molecule has 2 saturated heterocycles. The molecule has 3 rings (SSSR count). The molecule has 2 atom stereocenters. The minimum atomic E-state index is -3.37. The first-order chi connectivity index (χ1) is 9.09. The van der Waals surface area contributed by atoms with Crippen molar-refractivity contribution in [3.05, 3.63) is 35.4 Å². The lowest BCUT2D eigenvalue weighted by Gasteiger charge is -2.25. The van der Waals surface area contributed by atoms with E-state index in [1.54, 1.807) is 0 Å². The maximum Gasteiger partial charge on any atom is 0.244 e. The van der Waals surface area contributed by atoms with Crippen LogP contribution in [0, 0.1) is 6.92 Å². The Kier molecular flexibility index (Phi) is 3.34. The van der Waals surface area contributed by atoms with Crippen LogP contribution in [0.25, 0.3) is 0 Å². The Hall–Kier alpha value is -0.950. The number of ether oxygens (including phenoxy) is 2. The van der Waals surface area contributed by atoms with Crippen LogP contribution in [-0.4, -0.2) is 44.5 Å². The number of sulfonamides is 1. The number of hydrogen-bond donors (Lipinski definition) is 0. The molecule has 0 bridgehead atoms. The van der Waals surface area contributed by atoms with Crippen molar-refractivity contribution in [1.82, 2.24) is 4.31 Å². The van der Waals surface area contributed by atoms with Gasteiger partial charge in [-0.1, -0.05) is 29.8 Å². The Labute approximate surface area is 113 Å². The standard InChI is InChI=1S/C13H17NO4S/c1-10-3-2-4-11(9-10)12-13(18-12)19(15,16)14-5-7-17-8-6-14/h2-4,9,12-13H,5-8H2,1H3. The summed E-state index contributed by atoms with van der Waals surface area (Å²) >= 11 is 0. The summed E-state index contributed by atoms with van der Waals surface area (Å²) in [5.74, 6) is 0. The van der Waals surface area contributed by atoms with Crippen molar-refractivity contribution in [2.24, 2.45) is 0 Å². The van der Waals surface area contributed by atoms with Crippen molar-refractivity contribution in [3.63, 3.8) is 0 Å². The van der Waals surface area contributed by atoms with Gasteiger partial charge in [0.15, 0.2) is 0 Å². The van der Waals surface area contributed by atoms with Crippen LogP contribution in [0.1, 0.15) is 17.2 Å². The van der Waals surface area contributed by atoms with Crippen molar-refractivity contribution in [2.75, 3.05) is 26.3 Å². The van der Waals surface area contributed by atoms with Crippen LogP contribution in [0.2, 0.25) is 0 Å². The molecular weight excluding hydrogens is 266 g/mol. The first kappa shape index (κ1) is 13.1. The molecular formula is C13H17NO4S. The number of morpholine rings is 1. The molecule has 0 aliphatic carbocycles. The second-order valence-electron chi connectivity index (χ2n) is 4.90. The molecule has 0 amide bonds. The van der Waals surface area contributed by atoms with E-state index in [0.29, 0.717) is 26.3 Å². The molecule has 0 spiro atoms. The Morgan fingerprint density at radius 3 is 2.68 bits per heavy atom. The molecule has 1 aromatic carbocycles. The molecule has 0 radical (unpaired) electrons. The maximum absolute atomic E-state index is 12.4. The smallest absolute Gasteiger partial charge is 0.244 e. The zero-order chi connectivity index (χ0) is 13.5. The third kappa shape index (κ3) is 2.53. The fourth-order valence-electron chi connectivity index (χ4n) is 2.36. The van der Waals surface area contributed by atoms with E-state index in [4.69, 9.17) is 9.47 Å². The number of benzene rings is 1. The number of aryl methyl sites for hydroxylation is 1. The maximum atomic E-state index is 12.4. The van der Waals surface area contributed by atoms with Gasteiger partial charge in [0.05, 0.1) is 13.2 Å². The van der Waals surface area contributed by atoms with Gasteiger partial charge in [-0.25, -0.2) is 8.42 Å². The lowest BCUT2D eigenvalue weighted by atomic mass is 10.1. The van der Waals surface area contributed by atoms with Crippen LogP contribution in [0.3, 0.4) is 0 Å². The first-order valence-electron chi connectivity index (χ1n) is 6.38. The highest BCUT2D eigenvalue weighted by Gasteiger charge is 2.52. The van der Waals surface area contributed by atoms with Crippen molar-refractivity contribution >= 4 is 10.0 Å². The Morgan fingerprint density at radius 2 is 2.00 bits per heavy atom. The van der Waals surface area contributed by atoms with E-state index in [0.717, 1.165) is 11.1 Å². The zero-order valence-corrected chi connectivity index (χ0v) is 11.6. The summed E-state index contributed by atoms with van der Waals surface area (Å²) in [7, 11) is -3.37. The Balaban J connectivity index is 1.75. The predicted octanol–water partition coefficient (Wildman–Crippen LogP) is 1.05. The van der Waals surface area contributed by atoms with E-state index in [1.807, 2.05) is 31.2 Å². The van der Waals surface area contributed by atoms with Gasteiger partial charge in [-0.3, -0.25) is 0 Å². The summed E-state index contributed by atoms with van der Waals surface area (Å²) in [5, 5.41) is 0. The second kappa shape index (κ2) is 4.86. The molecule has 0 saturated carbocycles. The van der Waals surface area contributed by atoms with E-state index >= 15 is 0 Å². The average molecular weight is 283 g/mol. The van der Waals surface area contributed by atoms with Crippen molar-refractivity contribution < 1.29 is 17.9 Å². The molecule has 1 aromatic rings. The van der Waals surface area contributed by atoms with Gasteiger partial charge in [0, 0.05) is 13.1 Å². The summed E-state index contributed by atoms with van der Waals surface area (Å²) in [4.78, 5) is 0. The summed E-state index contributed by atoms with van der Waals surface area (Å²) in [5.41, 5.74) is 1.31. The number of rotatable bonds is 3. The van der Waals surface area contributed by atoms with Crippen LogP contribution in [0.5, 0.6) is 0 Å². The van der Waals surface area contributed by atoms with Crippen molar-refractivity contribution in [3.8, 4) is 0 Å². The molecule has 0 aromatic heterocycles. The molecule has 2 fully saturated rings. The van der Waals surface area contributed by atoms with Crippen LogP contribution in [0.4, 0.5) is 0 Å². The highest BCUT2D eigenvalue weighted by Crippen LogP contribution is 2.43. The molecule has 2 unspecified atom stereocenters. The van der Waals surface area contributed by atoms with E-state index in [1.165, 1.54) is 4.31 Å². The molecule has 5 nitrogen and oxygen atoms in total. The van der Waals surface area contributed by atoms with Gasteiger partial charge in [-0.15, -0.1) is 0 Å². The molecule has 2 heterocycles. The summed E-state index contributed by atoms with van der Waals surface area (Å²) in [6, 6.07) is 7.79. The lowest BCUT2D eigenvalue weighted by molar-refractivity contribution is 0.0725. The van der Waals surface area contributed by atoms with Crippen LogP contribution < -0.4 is 0 Å². The van der Waals surface area contributed by atoms with Gasteiger partial charge in [0.25, 0.3) is 0 Å². The van der Waals surface area contributed by atoms with Crippen LogP contribution in [-0.2, 0) is 19.5 Å². The van der Waals surface area contributed by atoms with Crippen molar-refractivity contribution in [1.29, 1.82) is 0 Å². The third-order valence-electron chi connectivity index (χ3n) is 3.45. The Morgan fingerprint density at radius 1 is 1.26 bits per heavy atom. The minimum Gasteiger partial charge on any atom is -0.379 e. The van der Waals surface area contributed by atoms with Gasteiger partial charge in [0.1, 0.15) is 6.10 Å². The van der Waals surface area contributed by atoms with Crippen molar-refractivity contribution in [2.45, 2.75) is 18.5 Å². The van der Waals surface area contributed by atoms with Gasteiger partial charge < -0.3 is 9.47 Å². The second-order valence-corrected chi connectivity index (χ2v) is 6.91. The highest BCUT2D eigenvalue weighted by atomic mass is 32.2. The molecule has 6 heteroatoms. The summed E-state index contributed by atoms with van der Waals surface area (Å²) < 4.78 is 36.8. The van der Waals surface area contributed by atoms with E-state index in [2.05, 4.69) is 0 Å². The fraction of sp³-hybridized carbons (Fsp3) is 0.538. The molecule has 19 heavy (non-hydrogen) atoms. The van der Waals surface area contributed by atoms with Gasteiger partial charge in [-0.05, 0) is 12.5 Å². The predicted molar refractivity (Wildman–Crippen MR) is 70.1 cm³/mol. The number of nitrogens with zero attached hydrogens (tertiary/aromatic N) is 1. The largest absolute Gasteiger partial charge is 0.379 e. The lowest BCUT2D eigenvalue weighted by Crippen LogP contribution is -2.42. The highest BCUT2D eigenvalue weighted by molar-refractivity contribution is 7.89. The number of epoxide rings is 1. The van der Waals surface area contributed by atoms with Gasteiger partial charge in [0.2, 0.25) is 15.5 Å². The van der Waals surface area contributed by atoms with Gasteiger partial charge >= 0.3 is 0 Å². The third-order valence-corrected chi connectivity index (χ3v) is 5.48. The van der Waals surface area contributed by atoms with E-state index in [-0.39, 0.29) is 6.10 Å². The normalized spacial score (nSPS) is 28.3. The first-order valence-corrected chi connectivity index (χ1v) is 7.88. The topological polar surface area (TPSA) is 59.1 Å². The monoisotopic (exact) mass is 283 g/mol. The van der Waals surface area contributed by atoms with Crippen LogP contribution in [0.15, 0.2) is 24.3 Å². The van der Waals surface area contributed by atoms with Crippen LogP contribution >= 0.6 is 0 Å². The SMILES string of the molecule is Cc1cccc(C2OC2S(=O)(=O)N2CCOCC2)c1. The zero-order valence-electron chi connectivity index (χ0n) is 10.8. The van der Waals surface area contributed by atoms with E-state index in [9.17, 15) is 8.42 Å². The summed E-state index contributed by atoms with van der Waals surface area (Å²) in [6.07, 6.45) is -0.326.